The summed E-state index contributed by atoms with van der Waals surface area (Å²) in [6.07, 6.45) is -2.55. The van der Waals surface area contributed by atoms with Gasteiger partial charge < -0.3 is 46.3 Å². The first-order chi connectivity index (χ1) is 17.5. The van der Waals surface area contributed by atoms with E-state index >= 15 is 0 Å². The SMILES string of the molecule is Cc1cn([C@@H]2O[C@H](CO)C[C@@H]2O)c(=O)nc1N.Nc1ccn([C@@H]2O[C@H](OOP(O)CO)C[C@@H]2O)c(=O)n1. The van der Waals surface area contributed by atoms with Gasteiger partial charge in [-0.1, -0.05) is 0 Å². The normalized spacial score (nSPS) is 28.1. The highest BCUT2D eigenvalue weighted by Gasteiger charge is 2.38. The second-order valence-corrected chi connectivity index (χ2v) is 9.24. The summed E-state index contributed by atoms with van der Waals surface area (Å²) in [6, 6.07) is 1.39. The molecule has 2 aliphatic rings. The number of aliphatic hydroxyl groups excluding tert-OH is 4. The molecule has 2 aromatic heterocycles. The van der Waals surface area contributed by atoms with Crippen LogP contribution in [0.5, 0.6) is 0 Å². The molecule has 2 aliphatic heterocycles. The first-order valence-corrected chi connectivity index (χ1v) is 12.3. The van der Waals surface area contributed by atoms with Gasteiger partial charge in [0.05, 0.1) is 12.7 Å². The van der Waals surface area contributed by atoms with Crippen LogP contribution in [0.15, 0.2) is 28.0 Å². The molecule has 37 heavy (non-hydrogen) atoms. The third-order valence-corrected chi connectivity index (χ3v) is 5.85. The fourth-order valence-electron chi connectivity index (χ4n) is 3.53. The molecule has 4 heterocycles. The molecule has 7 atom stereocenters. The second kappa shape index (κ2) is 12.8. The van der Waals surface area contributed by atoms with Gasteiger partial charge in [0.2, 0.25) is 8.38 Å². The zero-order valence-electron chi connectivity index (χ0n) is 19.6. The zero-order chi connectivity index (χ0) is 27.3. The van der Waals surface area contributed by atoms with Crippen LogP contribution in [0.25, 0.3) is 0 Å². The molecule has 1 unspecified atom stereocenters. The van der Waals surface area contributed by atoms with Crippen LogP contribution in [0.2, 0.25) is 0 Å². The van der Waals surface area contributed by atoms with Gasteiger partial charge in [0.15, 0.2) is 18.7 Å². The molecule has 0 saturated carbocycles. The molecule has 18 heteroatoms. The zero-order valence-corrected chi connectivity index (χ0v) is 20.5. The van der Waals surface area contributed by atoms with Crippen molar-refractivity contribution >= 4 is 20.0 Å². The second-order valence-electron chi connectivity index (χ2n) is 8.10. The molecule has 0 aliphatic carbocycles. The van der Waals surface area contributed by atoms with Crippen molar-refractivity contribution in [3.8, 4) is 0 Å². The van der Waals surface area contributed by atoms with Crippen LogP contribution < -0.4 is 22.8 Å². The highest BCUT2D eigenvalue weighted by molar-refractivity contribution is 7.45. The van der Waals surface area contributed by atoms with Gasteiger partial charge in [-0.25, -0.2) is 9.59 Å². The Labute approximate surface area is 210 Å². The number of nitrogens with zero attached hydrogens (tertiary/aromatic N) is 4. The van der Waals surface area contributed by atoms with Crippen LogP contribution in [0, 0.1) is 6.92 Å². The molecule has 17 nitrogen and oxygen atoms in total. The Morgan fingerprint density at radius 2 is 1.73 bits per heavy atom. The van der Waals surface area contributed by atoms with Gasteiger partial charge in [0.25, 0.3) is 0 Å². The largest absolute Gasteiger partial charge is 0.394 e. The smallest absolute Gasteiger partial charge is 0.351 e. The van der Waals surface area contributed by atoms with Crippen molar-refractivity contribution in [2.75, 3.05) is 24.4 Å². The Kier molecular flexibility index (Phi) is 10.0. The topological polar surface area (TPSA) is 260 Å². The predicted octanol–water partition coefficient (Wildman–Crippen LogP) is -2.59. The molecule has 0 spiro atoms. The molecule has 2 fully saturated rings. The van der Waals surface area contributed by atoms with Crippen LogP contribution >= 0.6 is 8.38 Å². The third kappa shape index (κ3) is 7.26. The molecule has 9 N–H and O–H groups in total. The van der Waals surface area contributed by atoms with Crippen molar-refractivity contribution in [1.29, 1.82) is 0 Å². The van der Waals surface area contributed by atoms with Gasteiger partial charge in [-0.3, -0.25) is 9.13 Å². The number of aromatic nitrogens is 4. The van der Waals surface area contributed by atoms with Crippen LogP contribution in [-0.4, -0.2) is 82.0 Å². The van der Waals surface area contributed by atoms with Crippen molar-refractivity contribution in [2.24, 2.45) is 0 Å². The lowest BCUT2D eigenvalue weighted by Gasteiger charge is -2.17. The number of nitrogen functional groups attached to an aromatic ring is 2. The van der Waals surface area contributed by atoms with E-state index in [0.717, 1.165) is 4.57 Å². The highest BCUT2D eigenvalue weighted by atomic mass is 31.2. The van der Waals surface area contributed by atoms with E-state index in [1.807, 2.05) is 0 Å². The number of rotatable bonds is 7. The average molecular weight is 548 g/mol. The van der Waals surface area contributed by atoms with E-state index in [-0.39, 0.29) is 31.1 Å². The number of aliphatic hydroxyl groups is 4. The van der Waals surface area contributed by atoms with Gasteiger partial charge >= 0.3 is 11.4 Å². The highest BCUT2D eigenvalue weighted by Crippen LogP contribution is 2.34. The molecule has 206 valence electrons. The van der Waals surface area contributed by atoms with E-state index < -0.39 is 63.2 Å². The Morgan fingerprint density at radius 3 is 2.35 bits per heavy atom. The van der Waals surface area contributed by atoms with E-state index in [0.29, 0.717) is 5.56 Å². The Balaban J connectivity index is 0.000000208. The first kappa shape index (κ1) is 29.0. The van der Waals surface area contributed by atoms with Crippen molar-refractivity contribution in [1.82, 2.24) is 19.1 Å². The first-order valence-electron chi connectivity index (χ1n) is 10.9. The summed E-state index contributed by atoms with van der Waals surface area (Å²) < 4.78 is 17.4. The molecule has 0 amide bonds. The van der Waals surface area contributed by atoms with Crippen molar-refractivity contribution in [3.63, 3.8) is 0 Å². The average Bonchev–Trinajstić information content (AvgIpc) is 3.42. The molecule has 4 rings (SSSR count). The lowest BCUT2D eigenvalue weighted by Crippen LogP contribution is -2.32. The predicted molar refractivity (Wildman–Crippen MR) is 125 cm³/mol. The maximum Gasteiger partial charge on any atom is 0.351 e. The standard InChI is InChI=1S/C10H15N3O4.C9H14N3O7P/c1-5-3-13(10(16)12-8(5)11)9-7(15)2-6(4-14)17-9;10-6-1-2-12(9(15)11-6)8-5(14)3-7(17-8)18-19-20(16)4-13/h3,6-7,9,14-15H,2,4H2,1H3,(H2,11,12,16);1-2,5,7-8,13-14,16H,3-4H2,(H2,10,11,15)/t6-,7-,9+;5-,7+,8+,20?/m00/s1. The van der Waals surface area contributed by atoms with Crippen molar-refractivity contribution < 1.29 is 44.4 Å². The number of nitrogens with two attached hydrogens (primary N) is 2. The minimum Gasteiger partial charge on any atom is -0.394 e. The van der Waals surface area contributed by atoms with Gasteiger partial charge in [0.1, 0.15) is 30.2 Å². The molecule has 2 aromatic rings. The minimum absolute atomic E-state index is 0.0239. The van der Waals surface area contributed by atoms with Crippen molar-refractivity contribution in [2.45, 2.75) is 56.8 Å². The molecule has 2 saturated heterocycles. The summed E-state index contributed by atoms with van der Waals surface area (Å²) in [5, 5.41) is 37.1. The Bertz CT molecular complexity index is 1170. The molecule has 0 bridgehead atoms. The molecular weight excluding hydrogens is 519 g/mol. The third-order valence-electron chi connectivity index (χ3n) is 5.35. The summed E-state index contributed by atoms with van der Waals surface area (Å²) in [7, 11) is -2.11. The summed E-state index contributed by atoms with van der Waals surface area (Å²) in [5.74, 6) is 0.223. The number of ether oxygens (including phenoxy) is 2. The van der Waals surface area contributed by atoms with Gasteiger partial charge in [0, 0.05) is 30.8 Å². The van der Waals surface area contributed by atoms with Crippen LogP contribution in [-0.2, 0) is 19.0 Å². The lowest BCUT2D eigenvalue weighted by atomic mass is 10.2. The van der Waals surface area contributed by atoms with Crippen LogP contribution in [0.4, 0.5) is 11.6 Å². The van der Waals surface area contributed by atoms with Crippen LogP contribution in [0.3, 0.4) is 0 Å². The molecule has 0 aromatic carbocycles. The van der Waals surface area contributed by atoms with Crippen LogP contribution in [0.1, 0.15) is 30.9 Å². The maximum absolute atomic E-state index is 11.6. The van der Waals surface area contributed by atoms with E-state index in [1.54, 1.807) is 6.92 Å². The molecule has 0 radical (unpaired) electrons. The van der Waals surface area contributed by atoms with Gasteiger partial charge in [-0.15, -0.1) is 0 Å². The number of aryl methyl sites for hydroxylation is 1. The number of anilines is 2. The number of hydrogen-bond donors (Lipinski definition) is 7. The van der Waals surface area contributed by atoms with Gasteiger partial charge in [-0.2, -0.15) is 19.5 Å². The minimum atomic E-state index is -2.11. The molecular formula is C19H29N6O11P. The fourth-order valence-corrected chi connectivity index (χ4v) is 3.77. The number of hydrogen-bond acceptors (Lipinski definition) is 15. The van der Waals surface area contributed by atoms with E-state index in [2.05, 4.69) is 14.6 Å². The summed E-state index contributed by atoms with van der Waals surface area (Å²) in [5.41, 5.74) is 10.3. The fraction of sp³-hybridized carbons (Fsp3) is 0.579. The summed E-state index contributed by atoms with van der Waals surface area (Å²) in [4.78, 5) is 44.2. The quantitative estimate of drug-likeness (QED) is 0.106. The lowest BCUT2D eigenvalue weighted by molar-refractivity contribution is -0.318. The van der Waals surface area contributed by atoms with E-state index in [1.165, 1.54) is 23.0 Å². The Hall–Kier alpha value is -2.57. The maximum atomic E-state index is 11.6. The van der Waals surface area contributed by atoms with E-state index in [9.17, 15) is 19.8 Å². The van der Waals surface area contributed by atoms with E-state index in [4.69, 9.17) is 40.9 Å². The Morgan fingerprint density at radius 1 is 1.08 bits per heavy atom. The van der Waals surface area contributed by atoms with Crippen molar-refractivity contribution in [3.05, 3.63) is 45.0 Å². The summed E-state index contributed by atoms with van der Waals surface area (Å²) >= 11 is 0. The summed E-state index contributed by atoms with van der Waals surface area (Å²) in [6.45, 7) is 1.52. The van der Waals surface area contributed by atoms with Gasteiger partial charge in [-0.05, 0) is 13.0 Å². The monoisotopic (exact) mass is 548 g/mol.